The highest BCUT2D eigenvalue weighted by atomic mass is 35.5. The average molecular weight is 613 g/mol. The third-order valence-corrected chi connectivity index (χ3v) is 7.48. The van der Waals surface area contributed by atoms with Crippen molar-refractivity contribution in [1.29, 1.82) is 0 Å². The molecule has 1 aliphatic rings. The van der Waals surface area contributed by atoms with Gasteiger partial charge < -0.3 is 23.9 Å². The lowest BCUT2D eigenvalue weighted by Gasteiger charge is -2.33. The molecule has 6 rings (SSSR count). The zero-order valence-corrected chi connectivity index (χ0v) is 24.0. The van der Waals surface area contributed by atoms with Crippen LogP contribution in [0.15, 0.2) is 97.3 Å². The topological polar surface area (TPSA) is 143 Å². The molecular formula is C32H25ClN4O7. The number of halogens is 1. The number of aromatic amines is 1. The van der Waals surface area contributed by atoms with E-state index in [0.717, 1.165) is 0 Å². The molecule has 0 radical (unpaired) electrons. The maximum absolute atomic E-state index is 13.5. The van der Waals surface area contributed by atoms with Crippen molar-refractivity contribution < 1.29 is 33.3 Å². The molecule has 0 amide bonds. The number of nitrogens with zero attached hydrogens (tertiary/aromatic N) is 3. The van der Waals surface area contributed by atoms with Crippen molar-refractivity contribution in [2.24, 2.45) is 0 Å². The molecule has 1 unspecified atom stereocenters. The summed E-state index contributed by atoms with van der Waals surface area (Å²) in [5.74, 6) is -1.82. The van der Waals surface area contributed by atoms with Gasteiger partial charge in [-0.25, -0.2) is 29.3 Å². The van der Waals surface area contributed by atoms with Gasteiger partial charge in [-0.05, 0) is 43.3 Å². The Bertz CT molecular complexity index is 1800. The summed E-state index contributed by atoms with van der Waals surface area (Å²) in [5, 5.41) is 0.120. The lowest BCUT2D eigenvalue weighted by molar-refractivity contribution is -0.0903. The Kier molecular flexibility index (Phi) is 8.05. The molecule has 1 fully saturated rings. The Hall–Kier alpha value is -5.13. The van der Waals surface area contributed by atoms with Crippen LogP contribution in [-0.4, -0.2) is 62.3 Å². The SMILES string of the molecule is C[C@]1(OC(=O)c2ccccc2)C(c2nc3ncnc(Cl)c3[nH]2)O[C@H](COC(=O)c2ccccc2)[C@H]1OC(=O)c1ccccc1. The van der Waals surface area contributed by atoms with Crippen LogP contribution in [0, 0.1) is 0 Å². The fourth-order valence-electron chi connectivity index (χ4n) is 5.01. The van der Waals surface area contributed by atoms with Crippen molar-refractivity contribution in [3.8, 4) is 0 Å². The minimum Gasteiger partial charge on any atom is -0.459 e. The molecule has 12 heteroatoms. The first-order chi connectivity index (χ1) is 21.3. The Morgan fingerprint density at radius 1 is 0.841 bits per heavy atom. The van der Waals surface area contributed by atoms with Gasteiger partial charge in [-0.15, -0.1) is 0 Å². The van der Waals surface area contributed by atoms with E-state index in [0.29, 0.717) is 11.1 Å². The van der Waals surface area contributed by atoms with Crippen LogP contribution in [0.4, 0.5) is 0 Å². The quantitative estimate of drug-likeness (QED) is 0.142. The van der Waals surface area contributed by atoms with Gasteiger partial charge in [0.2, 0.25) is 0 Å². The number of hydrogen-bond acceptors (Lipinski definition) is 10. The molecule has 2 aromatic heterocycles. The first-order valence-electron chi connectivity index (χ1n) is 13.6. The van der Waals surface area contributed by atoms with E-state index in [4.69, 9.17) is 30.5 Å². The molecule has 3 aromatic carbocycles. The predicted molar refractivity (Wildman–Crippen MR) is 157 cm³/mol. The number of hydrogen-bond donors (Lipinski definition) is 1. The van der Waals surface area contributed by atoms with Gasteiger partial charge in [0, 0.05) is 0 Å². The van der Waals surface area contributed by atoms with Gasteiger partial charge in [0.15, 0.2) is 28.6 Å². The van der Waals surface area contributed by atoms with E-state index in [2.05, 4.69) is 19.9 Å². The molecule has 222 valence electrons. The number of ether oxygens (including phenoxy) is 4. The molecule has 0 saturated carbocycles. The van der Waals surface area contributed by atoms with Crippen molar-refractivity contribution in [3.63, 3.8) is 0 Å². The fraction of sp³-hybridized carbons (Fsp3) is 0.188. The number of rotatable bonds is 8. The highest BCUT2D eigenvalue weighted by molar-refractivity contribution is 6.33. The monoisotopic (exact) mass is 612 g/mol. The van der Waals surface area contributed by atoms with Crippen molar-refractivity contribution >= 4 is 40.7 Å². The first-order valence-corrected chi connectivity index (χ1v) is 14.0. The molecule has 11 nitrogen and oxygen atoms in total. The van der Waals surface area contributed by atoms with Gasteiger partial charge in [-0.1, -0.05) is 66.2 Å². The first kappa shape index (κ1) is 29.0. The number of esters is 3. The normalized spacial score (nSPS) is 21.1. The van der Waals surface area contributed by atoms with Crippen LogP contribution in [0.5, 0.6) is 0 Å². The van der Waals surface area contributed by atoms with Crippen molar-refractivity contribution in [2.45, 2.75) is 30.8 Å². The molecule has 3 heterocycles. The largest absolute Gasteiger partial charge is 0.459 e. The van der Waals surface area contributed by atoms with Crippen LogP contribution in [0.3, 0.4) is 0 Å². The Balaban J connectivity index is 1.40. The molecule has 0 spiro atoms. The summed E-state index contributed by atoms with van der Waals surface area (Å²) < 4.78 is 24.2. The number of H-pyrrole nitrogens is 1. The van der Waals surface area contributed by atoms with E-state index in [1.54, 1.807) is 97.9 Å². The Morgan fingerprint density at radius 2 is 1.41 bits per heavy atom. The third-order valence-electron chi connectivity index (χ3n) is 7.20. The van der Waals surface area contributed by atoms with Crippen LogP contribution < -0.4 is 0 Å². The summed E-state index contributed by atoms with van der Waals surface area (Å²) >= 11 is 6.27. The molecule has 5 aromatic rings. The lowest BCUT2D eigenvalue weighted by Crippen LogP contribution is -2.49. The summed E-state index contributed by atoms with van der Waals surface area (Å²) in [5.41, 5.74) is -0.256. The zero-order chi connectivity index (χ0) is 30.7. The van der Waals surface area contributed by atoms with Crippen LogP contribution in [0.2, 0.25) is 5.15 Å². The summed E-state index contributed by atoms with van der Waals surface area (Å²) in [6.07, 6.45) is -2.22. The molecule has 44 heavy (non-hydrogen) atoms. The molecule has 1 aliphatic heterocycles. The highest BCUT2D eigenvalue weighted by Gasteiger charge is 2.61. The molecule has 0 bridgehead atoms. The average Bonchev–Trinajstić information content (AvgIpc) is 3.60. The number of imidazole rings is 1. The number of carbonyl (C=O) groups excluding carboxylic acids is 3. The summed E-state index contributed by atoms with van der Waals surface area (Å²) in [6, 6.07) is 25.1. The number of fused-ring (bicyclic) bond motifs is 1. The van der Waals surface area contributed by atoms with Crippen LogP contribution in [0.1, 0.15) is 49.9 Å². The summed E-state index contributed by atoms with van der Waals surface area (Å²) in [4.78, 5) is 55.5. The van der Waals surface area contributed by atoms with Gasteiger partial charge in [0.1, 0.15) is 30.4 Å². The number of benzene rings is 3. The highest BCUT2D eigenvalue weighted by Crippen LogP contribution is 2.46. The van der Waals surface area contributed by atoms with Crippen molar-refractivity contribution in [3.05, 3.63) is 125 Å². The third kappa shape index (κ3) is 5.75. The Labute approximate surface area is 256 Å². The van der Waals surface area contributed by atoms with E-state index in [-0.39, 0.29) is 34.4 Å². The van der Waals surface area contributed by atoms with Gasteiger partial charge in [0.05, 0.1) is 16.7 Å². The predicted octanol–water partition coefficient (Wildman–Crippen LogP) is 5.14. The van der Waals surface area contributed by atoms with Gasteiger partial charge in [-0.3, -0.25) is 0 Å². The standard InChI is InChI=1S/C32H25ClN4O7/c1-32(44-31(40)21-15-9-4-10-16-21)24(43-30(39)20-13-7-3-8-14-20)22(17-41-29(38)19-11-5-2-6-12-19)42-25(32)28-36-23-26(33)34-18-35-27(23)37-28/h2-16,18,22,24-25H,17H2,1H3,(H,34,35,36,37)/t22-,24-,25?,32-/m1/s1. The van der Waals surface area contributed by atoms with E-state index < -0.39 is 41.8 Å². The number of aromatic nitrogens is 4. The minimum absolute atomic E-state index is 0.120. The van der Waals surface area contributed by atoms with Crippen LogP contribution in [-0.2, 0) is 18.9 Å². The van der Waals surface area contributed by atoms with Gasteiger partial charge in [0.25, 0.3) is 0 Å². The second kappa shape index (κ2) is 12.2. The van der Waals surface area contributed by atoms with Crippen LogP contribution in [0.25, 0.3) is 11.2 Å². The molecular weight excluding hydrogens is 588 g/mol. The van der Waals surface area contributed by atoms with Crippen LogP contribution >= 0.6 is 11.6 Å². The fourth-order valence-corrected chi connectivity index (χ4v) is 5.19. The second-order valence-corrected chi connectivity index (χ2v) is 10.5. The maximum atomic E-state index is 13.5. The molecule has 1 saturated heterocycles. The maximum Gasteiger partial charge on any atom is 0.338 e. The Morgan fingerprint density at radius 3 is 2.00 bits per heavy atom. The molecule has 1 N–H and O–H groups in total. The number of nitrogens with one attached hydrogen (secondary N) is 1. The smallest absolute Gasteiger partial charge is 0.338 e. The van der Waals surface area contributed by atoms with E-state index in [9.17, 15) is 14.4 Å². The van der Waals surface area contributed by atoms with E-state index in [1.807, 2.05) is 0 Å². The molecule has 0 aliphatic carbocycles. The molecule has 4 atom stereocenters. The minimum atomic E-state index is -1.69. The van der Waals surface area contributed by atoms with E-state index >= 15 is 0 Å². The zero-order valence-electron chi connectivity index (χ0n) is 23.3. The van der Waals surface area contributed by atoms with Gasteiger partial charge in [-0.2, -0.15) is 0 Å². The second-order valence-electron chi connectivity index (χ2n) is 10.1. The van der Waals surface area contributed by atoms with Crippen molar-refractivity contribution in [2.75, 3.05) is 6.61 Å². The van der Waals surface area contributed by atoms with Crippen molar-refractivity contribution in [1.82, 2.24) is 19.9 Å². The summed E-state index contributed by atoms with van der Waals surface area (Å²) in [7, 11) is 0. The lowest BCUT2D eigenvalue weighted by atomic mass is 9.91. The van der Waals surface area contributed by atoms with Gasteiger partial charge >= 0.3 is 17.9 Å². The summed E-state index contributed by atoms with van der Waals surface area (Å²) in [6.45, 7) is 1.23. The van der Waals surface area contributed by atoms with E-state index in [1.165, 1.54) is 6.33 Å². The number of carbonyl (C=O) groups is 3.